The Balaban J connectivity index is 1.82. The molecule has 0 aliphatic heterocycles. The minimum atomic E-state index is 0.515. The van der Waals surface area contributed by atoms with Gasteiger partial charge in [0.25, 0.3) is 0 Å². The fourth-order valence-corrected chi connectivity index (χ4v) is 2.19. The van der Waals surface area contributed by atoms with E-state index in [1.165, 1.54) is 18.4 Å². The lowest BCUT2D eigenvalue weighted by molar-refractivity contribution is 0.459. The van der Waals surface area contributed by atoms with Gasteiger partial charge in [-0.15, -0.1) is 0 Å². The van der Waals surface area contributed by atoms with Crippen molar-refractivity contribution in [2.45, 2.75) is 25.8 Å². The molecule has 1 aliphatic rings. The van der Waals surface area contributed by atoms with E-state index in [0.29, 0.717) is 11.6 Å². The highest BCUT2D eigenvalue weighted by Crippen LogP contribution is 2.32. The van der Waals surface area contributed by atoms with Crippen LogP contribution in [0.25, 0.3) is 22.4 Å². The first-order valence-electron chi connectivity index (χ1n) is 6.75. The van der Waals surface area contributed by atoms with Crippen molar-refractivity contribution < 1.29 is 4.52 Å². The molecule has 4 rings (SSSR count). The topological polar surface area (TPSA) is 63.8 Å². The van der Waals surface area contributed by atoms with Gasteiger partial charge in [0.2, 0.25) is 5.58 Å². The van der Waals surface area contributed by atoms with Crippen molar-refractivity contribution >= 4 is 16.9 Å². The maximum absolute atomic E-state index is 5.46. The fraction of sp³-hybridized carbons (Fsp3) is 0.267. The molecule has 0 bridgehead atoms. The highest BCUT2D eigenvalue weighted by Gasteiger charge is 2.24. The molecule has 0 unspecified atom stereocenters. The van der Waals surface area contributed by atoms with E-state index >= 15 is 0 Å². The van der Waals surface area contributed by atoms with Crippen LogP contribution in [-0.2, 0) is 0 Å². The molecule has 5 heteroatoms. The first-order valence-corrected chi connectivity index (χ1v) is 6.75. The molecular weight excluding hydrogens is 252 g/mol. The van der Waals surface area contributed by atoms with Crippen LogP contribution in [-0.4, -0.2) is 21.2 Å². The molecule has 1 fully saturated rings. The maximum atomic E-state index is 5.46. The van der Waals surface area contributed by atoms with Crippen LogP contribution in [0, 0.1) is 6.92 Å². The van der Waals surface area contributed by atoms with Gasteiger partial charge >= 0.3 is 0 Å². The predicted molar refractivity (Wildman–Crippen MR) is 76.4 cm³/mol. The van der Waals surface area contributed by atoms with Crippen LogP contribution in [0.2, 0.25) is 0 Å². The number of nitrogens with zero attached hydrogens (tertiary/aromatic N) is 3. The zero-order valence-corrected chi connectivity index (χ0v) is 11.1. The van der Waals surface area contributed by atoms with Crippen LogP contribution < -0.4 is 5.32 Å². The van der Waals surface area contributed by atoms with Crippen molar-refractivity contribution in [1.29, 1.82) is 0 Å². The van der Waals surface area contributed by atoms with Crippen LogP contribution >= 0.6 is 0 Å². The number of fused-ring (bicyclic) bond motifs is 1. The van der Waals surface area contributed by atoms with E-state index in [0.717, 1.165) is 22.6 Å². The highest BCUT2D eigenvalue weighted by molar-refractivity contribution is 5.93. The van der Waals surface area contributed by atoms with Gasteiger partial charge in [-0.1, -0.05) is 35.0 Å². The number of hydrogen-bond donors (Lipinski definition) is 1. The van der Waals surface area contributed by atoms with E-state index in [1.54, 1.807) is 6.33 Å². The van der Waals surface area contributed by atoms with Crippen molar-refractivity contribution in [3.63, 3.8) is 0 Å². The van der Waals surface area contributed by atoms with Gasteiger partial charge in [0.05, 0.1) is 0 Å². The minimum Gasteiger partial charge on any atom is -0.364 e. The number of anilines is 1. The summed E-state index contributed by atoms with van der Waals surface area (Å²) in [6.07, 6.45) is 3.93. The highest BCUT2D eigenvalue weighted by atomic mass is 16.5. The quantitative estimate of drug-likeness (QED) is 0.788. The Bertz CT molecular complexity index is 759. The third-order valence-electron chi connectivity index (χ3n) is 3.50. The number of aromatic nitrogens is 3. The third kappa shape index (κ3) is 1.91. The van der Waals surface area contributed by atoms with E-state index < -0.39 is 0 Å². The molecule has 1 aromatic carbocycles. The molecule has 0 saturated heterocycles. The summed E-state index contributed by atoms with van der Waals surface area (Å²) in [5, 5.41) is 7.51. The second kappa shape index (κ2) is 4.30. The van der Waals surface area contributed by atoms with Crippen molar-refractivity contribution in [1.82, 2.24) is 15.1 Å². The lowest BCUT2D eigenvalue weighted by Crippen LogP contribution is -2.03. The van der Waals surface area contributed by atoms with Gasteiger partial charge < -0.3 is 9.84 Å². The summed E-state index contributed by atoms with van der Waals surface area (Å²) in [5.41, 5.74) is 4.38. The van der Waals surface area contributed by atoms with E-state index in [9.17, 15) is 0 Å². The normalized spacial score (nSPS) is 14.7. The number of benzene rings is 1. The second-order valence-corrected chi connectivity index (χ2v) is 5.22. The van der Waals surface area contributed by atoms with Gasteiger partial charge in [0, 0.05) is 11.6 Å². The predicted octanol–water partition coefficient (Wildman–Crippen LogP) is 3.17. The maximum Gasteiger partial charge on any atom is 0.228 e. The summed E-state index contributed by atoms with van der Waals surface area (Å²) in [5.74, 6) is 0.739. The van der Waals surface area contributed by atoms with Gasteiger partial charge in [-0.3, -0.25) is 0 Å². The fourth-order valence-electron chi connectivity index (χ4n) is 2.19. The minimum absolute atomic E-state index is 0.515. The molecule has 0 spiro atoms. The number of nitrogens with one attached hydrogen (secondary N) is 1. The van der Waals surface area contributed by atoms with Gasteiger partial charge in [0.1, 0.15) is 17.5 Å². The lowest BCUT2D eigenvalue weighted by atomic mass is 10.1. The lowest BCUT2D eigenvalue weighted by Gasteiger charge is -2.02. The monoisotopic (exact) mass is 266 g/mol. The van der Waals surface area contributed by atoms with E-state index in [1.807, 2.05) is 12.1 Å². The molecule has 2 aromatic heterocycles. The first-order chi connectivity index (χ1) is 9.81. The van der Waals surface area contributed by atoms with E-state index in [4.69, 9.17) is 4.52 Å². The molecule has 3 aromatic rings. The van der Waals surface area contributed by atoms with Crippen molar-refractivity contribution in [2.24, 2.45) is 0 Å². The van der Waals surface area contributed by atoms with Crippen molar-refractivity contribution in [2.75, 3.05) is 5.32 Å². The summed E-state index contributed by atoms with van der Waals surface area (Å²) < 4.78 is 5.46. The van der Waals surface area contributed by atoms with Gasteiger partial charge in [-0.25, -0.2) is 9.97 Å². The second-order valence-electron chi connectivity index (χ2n) is 5.22. The van der Waals surface area contributed by atoms with Gasteiger partial charge in [-0.05, 0) is 19.8 Å². The molecular formula is C15H14N4O. The van der Waals surface area contributed by atoms with Gasteiger partial charge in [-0.2, -0.15) is 0 Å². The zero-order valence-electron chi connectivity index (χ0n) is 11.1. The van der Waals surface area contributed by atoms with E-state index in [-0.39, 0.29) is 0 Å². The summed E-state index contributed by atoms with van der Waals surface area (Å²) in [4.78, 5) is 8.57. The molecule has 1 aliphatic carbocycles. The largest absolute Gasteiger partial charge is 0.364 e. The molecule has 5 nitrogen and oxygen atoms in total. The molecule has 0 atom stereocenters. The molecule has 100 valence electrons. The van der Waals surface area contributed by atoms with Crippen LogP contribution in [0.5, 0.6) is 0 Å². The average Bonchev–Trinajstić information content (AvgIpc) is 3.17. The van der Waals surface area contributed by atoms with Crippen molar-refractivity contribution in [3.05, 3.63) is 36.2 Å². The molecule has 0 radical (unpaired) electrons. The van der Waals surface area contributed by atoms with Crippen LogP contribution in [0.15, 0.2) is 35.1 Å². The molecule has 1 saturated carbocycles. The molecule has 0 amide bonds. The number of hydrogen-bond acceptors (Lipinski definition) is 5. The van der Waals surface area contributed by atoms with Crippen LogP contribution in [0.3, 0.4) is 0 Å². The molecule has 2 heterocycles. The average molecular weight is 266 g/mol. The Morgan fingerprint density at radius 2 is 1.95 bits per heavy atom. The summed E-state index contributed by atoms with van der Waals surface area (Å²) >= 11 is 0. The number of rotatable bonds is 3. The Morgan fingerprint density at radius 3 is 2.70 bits per heavy atom. The Labute approximate surface area is 116 Å². The Kier molecular flexibility index (Phi) is 2.45. The Hall–Kier alpha value is -2.43. The molecule has 20 heavy (non-hydrogen) atoms. The van der Waals surface area contributed by atoms with Crippen molar-refractivity contribution in [3.8, 4) is 11.3 Å². The Morgan fingerprint density at radius 1 is 1.15 bits per heavy atom. The van der Waals surface area contributed by atoms with Gasteiger partial charge in [0.15, 0.2) is 5.82 Å². The first kappa shape index (κ1) is 11.4. The standard InChI is InChI=1S/C15H14N4O/c1-9-2-4-10(5-3-9)12-13-14(20-19-12)15(17-8-16-13)18-11-6-7-11/h2-5,8,11H,6-7H2,1H3,(H,16,17,18). The van der Waals surface area contributed by atoms with E-state index in [2.05, 4.69) is 39.5 Å². The van der Waals surface area contributed by atoms with Crippen LogP contribution in [0.1, 0.15) is 18.4 Å². The van der Waals surface area contributed by atoms with Crippen LogP contribution in [0.4, 0.5) is 5.82 Å². The number of aryl methyl sites for hydroxylation is 1. The zero-order chi connectivity index (χ0) is 13.5. The third-order valence-corrected chi connectivity index (χ3v) is 3.50. The SMILES string of the molecule is Cc1ccc(-c2noc3c(NC4CC4)ncnc23)cc1. The molecule has 1 N–H and O–H groups in total. The summed E-state index contributed by atoms with van der Waals surface area (Å²) in [7, 11) is 0. The summed E-state index contributed by atoms with van der Waals surface area (Å²) in [6.45, 7) is 2.06. The summed E-state index contributed by atoms with van der Waals surface area (Å²) in [6, 6.07) is 8.69. The smallest absolute Gasteiger partial charge is 0.228 e.